The summed E-state index contributed by atoms with van der Waals surface area (Å²) in [6.45, 7) is 13.2. The maximum absolute atomic E-state index is 11.8. The Morgan fingerprint density at radius 2 is 1.69 bits per heavy atom. The van der Waals surface area contributed by atoms with Gasteiger partial charge < -0.3 is 15.2 Å². The van der Waals surface area contributed by atoms with Crippen LogP contribution in [0.1, 0.15) is 112 Å². The molecule has 4 fully saturated rings. The van der Waals surface area contributed by atoms with Crippen molar-refractivity contribution in [3.63, 3.8) is 0 Å². The van der Waals surface area contributed by atoms with Crippen molar-refractivity contribution in [1.82, 2.24) is 5.32 Å². The summed E-state index contributed by atoms with van der Waals surface area (Å²) in [4.78, 5) is 11.8. The molecule has 10 atom stereocenters. The van der Waals surface area contributed by atoms with Crippen LogP contribution in [0.2, 0.25) is 0 Å². The third-order valence-corrected chi connectivity index (χ3v) is 11.9. The number of aliphatic hydroxyl groups excluding tert-OH is 1. The summed E-state index contributed by atoms with van der Waals surface area (Å²) in [7, 11) is 1.50. The third-order valence-electron chi connectivity index (χ3n) is 11.9. The molecule has 0 aromatic rings. The van der Waals surface area contributed by atoms with Crippen LogP contribution in [0.25, 0.3) is 0 Å². The predicted molar refractivity (Wildman–Crippen MR) is 143 cm³/mol. The Balaban J connectivity index is 1.40. The van der Waals surface area contributed by atoms with E-state index in [1.807, 2.05) is 0 Å². The van der Waals surface area contributed by atoms with Gasteiger partial charge in [0, 0.05) is 12.5 Å². The van der Waals surface area contributed by atoms with E-state index in [9.17, 15) is 9.90 Å². The number of hydrogen-bond acceptors (Lipinski definition) is 4. The fraction of sp³-hybridized carbons (Fsp3) is 0.968. The van der Waals surface area contributed by atoms with Gasteiger partial charge in [-0.05, 0) is 129 Å². The SMILES string of the molecule is COC(=O)CC[C@@H](C)[C@H]1CCC2C3C[C@@H](O)[C@@H]4C[C@@H](NCCCC(C)C)CC[C@]4(C)C3CC[C@@]21C. The minimum atomic E-state index is -0.139. The van der Waals surface area contributed by atoms with Gasteiger partial charge in [0.2, 0.25) is 0 Å². The van der Waals surface area contributed by atoms with E-state index in [4.69, 9.17) is 4.74 Å². The number of ether oxygens (including phenoxy) is 1. The molecule has 4 nitrogen and oxygen atoms in total. The first-order valence-electron chi connectivity index (χ1n) is 15.1. The smallest absolute Gasteiger partial charge is 0.305 e. The lowest BCUT2D eigenvalue weighted by atomic mass is 9.43. The van der Waals surface area contributed by atoms with E-state index in [1.165, 1.54) is 58.5 Å². The van der Waals surface area contributed by atoms with Gasteiger partial charge in [-0.15, -0.1) is 0 Å². The van der Waals surface area contributed by atoms with E-state index >= 15 is 0 Å². The standard InChI is InChI=1S/C31H55NO3/c1-20(2)8-7-17-32-22-13-15-31(5)26-14-16-30(4)24(21(3)9-12-29(34)35-6)10-11-25(30)23(26)19-28(33)27(31)18-22/h20-28,32-33H,7-19H2,1-6H3/t21-,22+,23?,24-,25?,26?,27+,28-,30-,31-/m1/s1. The number of aliphatic hydroxyl groups is 1. The van der Waals surface area contributed by atoms with E-state index in [0.29, 0.717) is 47.0 Å². The summed E-state index contributed by atoms with van der Waals surface area (Å²) >= 11 is 0. The molecule has 0 aromatic carbocycles. The molecule has 0 radical (unpaired) electrons. The largest absolute Gasteiger partial charge is 0.469 e. The van der Waals surface area contributed by atoms with Gasteiger partial charge in [0.15, 0.2) is 0 Å². The molecule has 35 heavy (non-hydrogen) atoms. The topological polar surface area (TPSA) is 58.6 Å². The highest BCUT2D eigenvalue weighted by molar-refractivity contribution is 5.69. The highest BCUT2D eigenvalue weighted by Crippen LogP contribution is 2.68. The van der Waals surface area contributed by atoms with Crippen molar-refractivity contribution >= 4 is 5.97 Å². The minimum Gasteiger partial charge on any atom is -0.469 e. The number of rotatable bonds is 9. The molecule has 2 N–H and O–H groups in total. The summed E-state index contributed by atoms with van der Waals surface area (Å²) < 4.78 is 4.91. The van der Waals surface area contributed by atoms with Crippen molar-refractivity contribution in [2.75, 3.05) is 13.7 Å². The summed E-state index contributed by atoms with van der Waals surface area (Å²) in [5, 5.41) is 15.4. The van der Waals surface area contributed by atoms with Gasteiger partial charge in [-0.1, -0.05) is 34.6 Å². The number of methoxy groups -OCH3 is 1. The number of fused-ring (bicyclic) bond motifs is 5. The zero-order valence-corrected chi connectivity index (χ0v) is 23.7. The van der Waals surface area contributed by atoms with Gasteiger partial charge >= 0.3 is 5.97 Å². The number of nitrogens with one attached hydrogen (secondary N) is 1. The molecular formula is C31H55NO3. The maximum Gasteiger partial charge on any atom is 0.305 e. The Morgan fingerprint density at radius 1 is 0.971 bits per heavy atom. The molecule has 0 aliphatic heterocycles. The zero-order chi connectivity index (χ0) is 25.4. The first-order valence-corrected chi connectivity index (χ1v) is 15.1. The number of esters is 1. The van der Waals surface area contributed by atoms with Gasteiger partial charge in [-0.3, -0.25) is 4.79 Å². The van der Waals surface area contributed by atoms with Crippen molar-refractivity contribution in [3.05, 3.63) is 0 Å². The summed E-state index contributed by atoms with van der Waals surface area (Å²) in [5.41, 5.74) is 0.670. The Hall–Kier alpha value is -0.610. The molecule has 4 rings (SSSR count). The van der Waals surface area contributed by atoms with Crippen molar-refractivity contribution in [2.45, 2.75) is 124 Å². The van der Waals surface area contributed by atoms with E-state index in [1.54, 1.807) is 0 Å². The predicted octanol–water partition coefficient (Wildman–Crippen LogP) is 6.60. The second kappa shape index (κ2) is 11.0. The lowest BCUT2D eigenvalue weighted by Gasteiger charge is -2.62. The molecule has 4 heteroatoms. The van der Waals surface area contributed by atoms with E-state index in [0.717, 1.165) is 43.6 Å². The van der Waals surface area contributed by atoms with Gasteiger partial charge in [-0.2, -0.15) is 0 Å². The number of carbonyl (C=O) groups excluding carboxylic acids is 1. The minimum absolute atomic E-state index is 0.0698. The van der Waals surface area contributed by atoms with Gasteiger partial charge in [0.1, 0.15) is 0 Å². The molecule has 0 heterocycles. The van der Waals surface area contributed by atoms with Crippen LogP contribution in [0, 0.1) is 52.3 Å². The maximum atomic E-state index is 11.8. The van der Waals surface area contributed by atoms with E-state index in [-0.39, 0.29) is 12.1 Å². The van der Waals surface area contributed by atoms with Crippen LogP contribution in [0.15, 0.2) is 0 Å². The van der Waals surface area contributed by atoms with Crippen molar-refractivity contribution in [1.29, 1.82) is 0 Å². The van der Waals surface area contributed by atoms with E-state index in [2.05, 4.69) is 39.9 Å². The molecule has 202 valence electrons. The van der Waals surface area contributed by atoms with E-state index < -0.39 is 0 Å². The summed E-state index contributed by atoms with van der Waals surface area (Å²) in [5.74, 6) is 4.64. The Labute approximate surface area is 215 Å². The molecule has 4 aliphatic rings. The molecule has 0 bridgehead atoms. The Morgan fingerprint density at radius 3 is 2.40 bits per heavy atom. The number of carbonyl (C=O) groups is 1. The molecule has 0 amide bonds. The Bertz CT molecular complexity index is 724. The summed E-state index contributed by atoms with van der Waals surface area (Å²) in [6.07, 6.45) is 14.0. The van der Waals surface area contributed by atoms with Crippen molar-refractivity contribution in [2.24, 2.45) is 52.3 Å². The number of hydrogen-bond donors (Lipinski definition) is 2. The molecule has 0 saturated heterocycles. The molecule has 0 aromatic heterocycles. The highest BCUT2D eigenvalue weighted by atomic mass is 16.5. The molecule has 4 saturated carbocycles. The molecule has 3 unspecified atom stereocenters. The molecule has 0 spiro atoms. The fourth-order valence-corrected chi connectivity index (χ4v) is 9.93. The molecular weight excluding hydrogens is 434 g/mol. The van der Waals surface area contributed by atoms with Crippen molar-refractivity contribution in [3.8, 4) is 0 Å². The van der Waals surface area contributed by atoms with Crippen LogP contribution >= 0.6 is 0 Å². The lowest BCUT2D eigenvalue weighted by Crippen LogP contribution is -2.59. The quantitative estimate of drug-likeness (QED) is 0.283. The first kappa shape index (κ1) is 27.4. The van der Waals surface area contributed by atoms with Crippen LogP contribution in [-0.4, -0.2) is 36.9 Å². The van der Waals surface area contributed by atoms with Crippen LogP contribution in [0.5, 0.6) is 0 Å². The fourth-order valence-electron chi connectivity index (χ4n) is 9.93. The van der Waals surface area contributed by atoms with Crippen LogP contribution in [0.3, 0.4) is 0 Å². The average molecular weight is 490 g/mol. The second-order valence-electron chi connectivity index (χ2n) is 14.1. The van der Waals surface area contributed by atoms with Crippen molar-refractivity contribution < 1.29 is 14.6 Å². The van der Waals surface area contributed by atoms with Gasteiger partial charge in [0.25, 0.3) is 0 Å². The highest BCUT2D eigenvalue weighted by Gasteiger charge is 2.62. The average Bonchev–Trinajstić information content (AvgIpc) is 3.18. The third kappa shape index (κ3) is 5.35. The van der Waals surface area contributed by atoms with Gasteiger partial charge in [0.05, 0.1) is 13.2 Å². The lowest BCUT2D eigenvalue weighted by molar-refractivity contribution is -0.162. The monoisotopic (exact) mass is 489 g/mol. The second-order valence-corrected chi connectivity index (χ2v) is 14.1. The van der Waals surface area contributed by atoms with Crippen LogP contribution < -0.4 is 5.32 Å². The zero-order valence-electron chi connectivity index (χ0n) is 23.7. The first-order chi connectivity index (χ1) is 16.6. The summed E-state index contributed by atoms with van der Waals surface area (Å²) in [6, 6.07) is 0.590. The Kier molecular flexibility index (Phi) is 8.63. The van der Waals surface area contributed by atoms with Crippen LogP contribution in [-0.2, 0) is 9.53 Å². The van der Waals surface area contributed by atoms with Crippen LogP contribution in [0.4, 0.5) is 0 Å². The van der Waals surface area contributed by atoms with Gasteiger partial charge in [-0.25, -0.2) is 0 Å². The normalized spacial score (nSPS) is 43.8. The molecule has 4 aliphatic carbocycles.